The maximum Gasteiger partial charge on any atom is 0.228 e. The molecular formula is C13H16N4O2. The van der Waals surface area contributed by atoms with Crippen LogP contribution in [0.3, 0.4) is 0 Å². The molecule has 6 nitrogen and oxygen atoms in total. The fraction of sp³-hybridized carbons (Fsp3) is 0.308. The zero-order valence-corrected chi connectivity index (χ0v) is 10.7. The van der Waals surface area contributed by atoms with Crippen LogP contribution in [0.25, 0.3) is 0 Å². The minimum Gasteiger partial charge on any atom is -0.399 e. The van der Waals surface area contributed by atoms with Crippen LogP contribution >= 0.6 is 0 Å². The molecule has 6 heteroatoms. The first-order valence-corrected chi connectivity index (χ1v) is 6.05. The fourth-order valence-corrected chi connectivity index (χ4v) is 1.73. The summed E-state index contributed by atoms with van der Waals surface area (Å²) >= 11 is 0. The van der Waals surface area contributed by atoms with Gasteiger partial charge >= 0.3 is 0 Å². The zero-order valence-electron chi connectivity index (χ0n) is 10.7. The number of carbonyl (C=O) groups excluding carboxylic acids is 1. The summed E-state index contributed by atoms with van der Waals surface area (Å²) in [6.07, 6.45) is 1.86. The van der Waals surface area contributed by atoms with Gasteiger partial charge in [0, 0.05) is 18.7 Å². The predicted molar refractivity (Wildman–Crippen MR) is 70.3 cm³/mol. The van der Waals surface area contributed by atoms with Crippen molar-refractivity contribution in [2.24, 2.45) is 0 Å². The van der Waals surface area contributed by atoms with Crippen molar-refractivity contribution < 1.29 is 9.32 Å². The minimum atomic E-state index is -0.244. The Hall–Kier alpha value is -2.37. The van der Waals surface area contributed by atoms with E-state index in [9.17, 15) is 4.79 Å². The van der Waals surface area contributed by atoms with E-state index in [0.717, 1.165) is 5.56 Å². The molecular weight excluding hydrogens is 244 g/mol. The summed E-state index contributed by atoms with van der Waals surface area (Å²) in [6, 6.07) is 7.33. The van der Waals surface area contributed by atoms with E-state index < -0.39 is 0 Å². The van der Waals surface area contributed by atoms with E-state index in [4.69, 9.17) is 10.3 Å². The molecule has 2 rings (SSSR count). The third-order valence-corrected chi connectivity index (χ3v) is 2.85. The maximum atomic E-state index is 12.0. The molecule has 0 saturated heterocycles. The molecule has 0 bridgehead atoms. The molecule has 1 atom stereocenters. The van der Waals surface area contributed by atoms with Crippen molar-refractivity contribution in [3.8, 4) is 0 Å². The molecule has 3 N–H and O–H groups in total. The molecule has 100 valence electrons. The number of benzene rings is 1. The highest BCUT2D eigenvalue weighted by Crippen LogP contribution is 2.17. The van der Waals surface area contributed by atoms with E-state index in [1.165, 1.54) is 6.33 Å². The van der Waals surface area contributed by atoms with Crippen molar-refractivity contribution in [3.63, 3.8) is 0 Å². The summed E-state index contributed by atoms with van der Waals surface area (Å²) < 4.78 is 4.85. The van der Waals surface area contributed by atoms with Crippen LogP contribution in [0.1, 0.15) is 24.3 Å². The quantitative estimate of drug-likeness (QED) is 0.785. The first-order chi connectivity index (χ1) is 9.16. The third-order valence-electron chi connectivity index (χ3n) is 2.85. The molecule has 2 aromatic rings. The Morgan fingerprint density at radius 1 is 1.53 bits per heavy atom. The predicted octanol–water partition coefficient (Wildman–Crippen LogP) is 1.11. The first-order valence-electron chi connectivity index (χ1n) is 6.05. The van der Waals surface area contributed by atoms with Crippen LogP contribution in [0.2, 0.25) is 0 Å². The molecule has 0 aliphatic carbocycles. The van der Waals surface area contributed by atoms with Crippen molar-refractivity contribution in [3.05, 3.63) is 42.0 Å². The Bertz CT molecular complexity index is 539. The average molecular weight is 260 g/mol. The van der Waals surface area contributed by atoms with E-state index >= 15 is 0 Å². The van der Waals surface area contributed by atoms with E-state index in [1.54, 1.807) is 6.07 Å². The molecule has 1 aromatic heterocycles. The molecule has 19 heavy (non-hydrogen) atoms. The van der Waals surface area contributed by atoms with Gasteiger partial charge in [-0.3, -0.25) is 4.79 Å². The molecule has 0 radical (unpaired) electrons. The molecule has 0 aliphatic heterocycles. The summed E-state index contributed by atoms with van der Waals surface area (Å²) in [4.78, 5) is 15.8. The van der Waals surface area contributed by atoms with Gasteiger partial charge in [-0.15, -0.1) is 0 Å². The van der Waals surface area contributed by atoms with Crippen LogP contribution in [0.15, 0.2) is 35.1 Å². The lowest BCUT2D eigenvalue weighted by Gasteiger charge is -2.12. The highest BCUT2D eigenvalue weighted by atomic mass is 16.5. The van der Waals surface area contributed by atoms with Gasteiger partial charge in [-0.1, -0.05) is 17.3 Å². The maximum absolute atomic E-state index is 12.0. The van der Waals surface area contributed by atoms with Crippen LogP contribution in [0, 0.1) is 0 Å². The second kappa shape index (κ2) is 5.99. The van der Waals surface area contributed by atoms with Gasteiger partial charge in [-0.05, 0) is 24.6 Å². The lowest BCUT2D eigenvalue weighted by Crippen LogP contribution is -2.29. The minimum absolute atomic E-state index is 0.0508. The Morgan fingerprint density at radius 3 is 3.05 bits per heavy atom. The lowest BCUT2D eigenvalue weighted by atomic mass is 10.00. The van der Waals surface area contributed by atoms with Gasteiger partial charge in [0.1, 0.15) is 0 Å². The van der Waals surface area contributed by atoms with Crippen molar-refractivity contribution in [1.82, 2.24) is 15.5 Å². The number of nitrogens with zero attached hydrogens (tertiary/aromatic N) is 2. The molecule has 1 unspecified atom stereocenters. The number of rotatable bonds is 5. The summed E-state index contributed by atoms with van der Waals surface area (Å²) in [5.74, 6) is 0.216. The Labute approximate surface area is 111 Å². The Morgan fingerprint density at radius 2 is 2.37 bits per heavy atom. The normalized spacial score (nSPS) is 12.1. The van der Waals surface area contributed by atoms with Gasteiger partial charge in [-0.25, -0.2) is 0 Å². The zero-order chi connectivity index (χ0) is 13.7. The van der Waals surface area contributed by atoms with Crippen LogP contribution in [0.5, 0.6) is 0 Å². The molecule has 0 spiro atoms. The van der Waals surface area contributed by atoms with Crippen LogP contribution in [0.4, 0.5) is 5.69 Å². The van der Waals surface area contributed by atoms with Crippen molar-refractivity contribution in [2.75, 3.05) is 12.3 Å². The number of anilines is 1. The van der Waals surface area contributed by atoms with Gasteiger partial charge in [0.15, 0.2) is 6.33 Å². The van der Waals surface area contributed by atoms with Crippen LogP contribution in [-0.4, -0.2) is 22.6 Å². The van der Waals surface area contributed by atoms with Crippen LogP contribution in [-0.2, 0) is 11.2 Å². The SMILES string of the molecule is CC(C(=O)NCCc1ncno1)c1cccc(N)c1. The largest absolute Gasteiger partial charge is 0.399 e. The second-order valence-corrected chi connectivity index (χ2v) is 4.27. The topological polar surface area (TPSA) is 94.0 Å². The number of hydrogen-bond acceptors (Lipinski definition) is 5. The number of carbonyl (C=O) groups is 1. The number of hydrogen-bond donors (Lipinski definition) is 2. The van der Waals surface area contributed by atoms with E-state index in [1.807, 2.05) is 25.1 Å². The molecule has 0 saturated carbocycles. The van der Waals surface area contributed by atoms with Gasteiger partial charge in [0.25, 0.3) is 0 Å². The van der Waals surface area contributed by atoms with Crippen molar-refractivity contribution in [1.29, 1.82) is 0 Å². The van der Waals surface area contributed by atoms with E-state index in [0.29, 0.717) is 24.5 Å². The summed E-state index contributed by atoms with van der Waals surface area (Å²) in [7, 11) is 0. The summed E-state index contributed by atoms with van der Waals surface area (Å²) in [6.45, 7) is 2.31. The Kier molecular flexibility index (Phi) is 4.12. The fourth-order valence-electron chi connectivity index (χ4n) is 1.73. The highest BCUT2D eigenvalue weighted by Gasteiger charge is 2.15. The van der Waals surface area contributed by atoms with E-state index in [2.05, 4.69) is 15.5 Å². The van der Waals surface area contributed by atoms with E-state index in [-0.39, 0.29) is 11.8 Å². The summed E-state index contributed by atoms with van der Waals surface area (Å²) in [5.41, 5.74) is 7.26. The first kappa shape index (κ1) is 13.1. The smallest absolute Gasteiger partial charge is 0.228 e. The third kappa shape index (κ3) is 3.54. The highest BCUT2D eigenvalue weighted by molar-refractivity contribution is 5.83. The van der Waals surface area contributed by atoms with Crippen molar-refractivity contribution in [2.45, 2.75) is 19.3 Å². The van der Waals surface area contributed by atoms with Crippen molar-refractivity contribution >= 4 is 11.6 Å². The molecule has 1 heterocycles. The molecule has 0 fully saturated rings. The monoisotopic (exact) mass is 260 g/mol. The molecule has 1 aromatic carbocycles. The average Bonchev–Trinajstić information content (AvgIpc) is 2.91. The summed E-state index contributed by atoms with van der Waals surface area (Å²) in [5, 5.41) is 6.33. The number of nitrogens with one attached hydrogen (secondary N) is 1. The van der Waals surface area contributed by atoms with Gasteiger partial charge in [-0.2, -0.15) is 4.98 Å². The number of amides is 1. The number of nitrogens with two attached hydrogens (primary N) is 1. The van der Waals surface area contributed by atoms with Crippen LogP contribution < -0.4 is 11.1 Å². The lowest BCUT2D eigenvalue weighted by molar-refractivity contribution is -0.122. The molecule has 1 amide bonds. The van der Waals surface area contributed by atoms with Gasteiger partial charge in [0.05, 0.1) is 5.92 Å². The standard InChI is InChI=1S/C13H16N4O2/c1-9(10-3-2-4-11(14)7-10)13(18)15-6-5-12-16-8-17-19-12/h2-4,7-9H,5-6,14H2,1H3,(H,15,18). The van der Waals surface area contributed by atoms with Gasteiger partial charge in [0.2, 0.25) is 11.8 Å². The number of nitrogen functional groups attached to an aromatic ring is 1. The number of aromatic nitrogens is 2. The van der Waals surface area contributed by atoms with Gasteiger partial charge < -0.3 is 15.6 Å². The second-order valence-electron chi connectivity index (χ2n) is 4.27. The molecule has 0 aliphatic rings. The Balaban J connectivity index is 1.85.